The lowest BCUT2D eigenvalue weighted by molar-refractivity contribution is 0.0735. The molecule has 1 fully saturated rings. The zero-order valence-corrected chi connectivity index (χ0v) is 14.8. The number of piperazine rings is 1. The molecule has 0 radical (unpaired) electrons. The first kappa shape index (κ1) is 16.3. The van der Waals surface area contributed by atoms with Crippen molar-refractivity contribution in [3.8, 4) is 11.4 Å². The lowest BCUT2D eigenvalue weighted by atomic mass is 10.1. The van der Waals surface area contributed by atoms with E-state index in [9.17, 15) is 4.79 Å². The van der Waals surface area contributed by atoms with E-state index >= 15 is 0 Å². The van der Waals surface area contributed by atoms with Crippen molar-refractivity contribution in [1.29, 1.82) is 0 Å². The van der Waals surface area contributed by atoms with E-state index in [1.165, 1.54) is 0 Å². The molecule has 8 heteroatoms. The number of rotatable bonds is 3. The van der Waals surface area contributed by atoms with E-state index in [-0.39, 0.29) is 5.91 Å². The molecule has 0 aliphatic carbocycles. The third kappa shape index (κ3) is 3.05. The average molecular weight is 352 g/mol. The molecule has 26 heavy (non-hydrogen) atoms. The maximum absolute atomic E-state index is 12.6. The van der Waals surface area contributed by atoms with Crippen molar-refractivity contribution in [2.75, 3.05) is 31.1 Å². The van der Waals surface area contributed by atoms with Crippen LogP contribution >= 0.6 is 0 Å². The van der Waals surface area contributed by atoms with Gasteiger partial charge in [-0.05, 0) is 30.3 Å². The maximum Gasteiger partial charge on any atom is 0.272 e. The number of carbonyl (C=O) groups excluding carboxylic acids is 1. The molecule has 0 unspecified atom stereocenters. The molecule has 0 saturated carbocycles. The molecule has 0 N–H and O–H groups in total. The van der Waals surface area contributed by atoms with Crippen LogP contribution in [0.4, 0.5) is 5.69 Å². The fourth-order valence-corrected chi connectivity index (χ4v) is 3.15. The maximum atomic E-state index is 12.6. The van der Waals surface area contributed by atoms with Crippen molar-refractivity contribution in [2.24, 2.45) is 7.05 Å². The van der Waals surface area contributed by atoms with E-state index < -0.39 is 0 Å². The number of hydrogen-bond donors (Lipinski definition) is 0. The first-order chi connectivity index (χ1) is 12.6. The van der Waals surface area contributed by atoms with Crippen LogP contribution in [0.25, 0.3) is 11.4 Å². The van der Waals surface area contributed by atoms with Crippen LogP contribution in [-0.2, 0) is 7.05 Å². The number of aryl methyl sites for hydroxylation is 2. The van der Waals surface area contributed by atoms with Crippen molar-refractivity contribution in [1.82, 2.24) is 24.8 Å². The second kappa shape index (κ2) is 6.62. The van der Waals surface area contributed by atoms with Gasteiger partial charge < -0.3 is 14.3 Å². The van der Waals surface area contributed by atoms with Gasteiger partial charge >= 0.3 is 0 Å². The van der Waals surface area contributed by atoms with Crippen molar-refractivity contribution >= 4 is 11.6 Å². The predicted molar refractivity (Wildman–Crippen MR) is 95.8 cm³/mol. The molecule has 3 heterocycles. The van der Waals surface area contributed by atoms with Gasteiger partial charge in [-0.3, -0.25) is 9.48 Å². The van der Waals surface area contributed by atoms with Gasteiger partial charge in [0.25, 0.3) is 5.91 Å². The van der Waals surface area contributed by atoms with Gasteiger partial charge in [0, 0.05) is 57.6 Å². The number of hydrogen-bond acceptors (Lipinski definition) is 6. The molecule has 4 rings (SSSR count). The van der Waals surface area contributed by atoms with E-state index in [1.54, 1.807) is 30.9 Å². The summed E-state index contributed by atoms with van der Waals surface area (Å²) in [7, 11) is 1.79. The molecule has 0 spiro atoms. The zero-order valence-electron chi connectivity index (χ0n) is 14.8. The molecule has 2 aromatic heterocycles. The first-order valence-electron chi connectivity index (χ1n) is 8.55. The highest BCUT2D eigenvalue weighted by Gasteiger charge is 2.24. The van der Waals surface area contributed by atoms with Gasteiger partial charge in [0.05, 0.1) is 0 Å². The number of benzene rings is 1. The molecule has 1 amide bonds. The summed E-state index contributed by atoms with van der Waals surface area (Å²) in [5.74, 6) is 1.19. The van der Waals surface area contributed by atoms with Gasteiger partial charge in [0.2, 0.25) is 11.7 Å². The molecule has 1 saturated heterocycles. The van der Waals surface area contributed by atoms with E-state index in [4.69, 9.17) is 4.52 Å². The minimum absolute atomic E-state index is 0.0347. The molecule has 1 aliphatic heterocycles. The van der Waals surface area contributed by atoms with E-state index in [0.29, 0.717) is 30.5 Å². The highest BCUT2D eigenvalue weighted by molar-refractivity contribution is 5.92. The minimum atomic E-state index is 0.0347. The third-order valence-electron chi connectivity index (χ3n) is 4.63. The van der Waals surface area contributed by atoms with Gasteiger partial charge in [-0.2, -0.15) is 10.1 Å². The molecule has 0 atom stereocenters. The summed E-state index contributed by atoms with van der Waals surface area (Å²) < 4.78 is 6.64. The van der Waals surface area contributed by atoms with Crippen molar-refractivity contribution in [3.63, 3.8) is 0 Å². The average Bonchev–Trinajstić information content (AvgIpc) is 3.30. The van der Waals surface area contributed by atoms with Gasteiger partial charge in [0.1, 0.15) is 5.69 Å². The fourth-order valence-electron chi connectivity index (χ4n) is 3.15. The summed E-state index contributed by atoms with van der Waals surface area (Å²) in [6.45, 7) is 4.75. The standard InChI is InChI=1S/C18H20N6O2/c1-13-20-17(21-26-13)14-3-5-15(6-4-14)23-9-11-24(12-10-23)18(25)16-7-8-19-22(16)2/h3-8H,9-12H2,1-2H3. The van der Waals surface area contributed by atoms with Gasteiger partial charge in [-0.15, -0.1) is 0 Å². The van der Waals surface area contributed by atoms with Gasteiger partial charge in [-0.25, -0.2) is 0 Å². The minimum Gasteiger partial charge on any atom is -0.368 e. The SMILES string of the molecule is Cc1nc(-c2ccc(N3CCN(C(=O)c4ccnn4C)CC3)cc2)no1. The van der Waals surface area contributed by atoms with Crippen LogP contribution in [0.2, 0.25) is 0 Å². The lowest BCUT2D eigenvalue weighted by Gasteiger charge is -2.36. The number of anilines is 1. The monoisotopic (exact) mass is 352 g/mol. The number of carbonyl (C=O) groups is 1. The smallest absolute Gasteiger partial charge is 0.272 e. The Bertz CT molecular complexity index is 906. The van der Waals surface area contributed by atoms with Crippen LogP contribution in [0.1, 0.15) is 16.4 Å². The second-order valence-electron chi connectivity index (χ2n) is 6.30. The first-order valence-corrected chi connectivity index (χ1v) is 8.55. The van der Waals surface area contributed by atoms with Crippen LogP contribution in [-0.4, -0.2) is 56.9 Å². The summed E-state index contributed by atoms with van der Waals surface area (Å²) in [6, 6.07) is 9.85. The summed E-state index contributed by atoms with van der Waals surface area (Å²) in [6.07, 6.45) is 1.65. The Hall–Kier alpha value is -3.16. The van der Waals surface area contributed by atoms with E-state index in [2.05, 4.69) is 32.3 Å². The summed E-state index contributed by atoms with van der Waals surface area (Å²) in [4.78, 5) is 20.9. The number of amides is 1. The summed E-state index contributed by atoms with van der Waals surface area (Å²) >= 11 is 0. The molecule has 0 bridgehead atoms. The van der Waals surface area contributed by atoms with Crippen molar-refractivity contribution in [2.45, 2.75) is 6.92 Å². The number of nitrogens with zero attached hydrogens (tertiary/aromatic N) is 6. The Labute approximate surface area is 151 Å². The van der Waals surface area contributed by atoms with Gasteiger partial charge in [0.15, 0.2) is 0 Å². The second-order valence-corrected chi connectivity index (χ2v) is 6.30. The Kier molecular flexibility index (Phi) is 4.16. The third-order valence-corrected chi connectivity index (χ3v) is 4.63. The van der Waals surface area contributed by atoms with Crippen LogP contribution in [0.3, 0.4) is 0 Å². The normalized spacial score (nSPS) is 14.7. The van der Waals surface area contributed by atoms with Crippen molar-refractivity contribution in [3.05, 3.63) is 48.1 Å². The molecular formula is C18H20N6O2. The molecule has 134 valence electrons. The molecular weight excluding hydrogens is 332 g/mol. The van der Waals surface area contributed by atoms with Crippen LogP contribution in [0.5, 0.6) is 0 Å². The molecule has 8 nitrogen and oxygen atoms in total. The fraction of sp³-hybridized carbons (Fsp3) is 0.333. The molecule has 1 aromatic carbocycles. The summed E-state index contributed by atoms with van der Waals surface area (Å²) in [5.41, 5.74) is 2.68. The van der Waals surface area contributed by atoms with Crippen molar-refractivity contribution < 1.29 is 9.32 Å². The lowest BCUT2D eigenvalue weighted by Crippen LogP contribution is -2.49. The highest BCUT2D eigenvalue weighted by atomic mass is 16.5. The highest BCUT2D eigenvalue weighted by Crippen LogP contribution is 2.22. The van der Waals surface area contributed by atoms with E-state index in [0.717, 1.165) is 24.3 Å². The van der Waals surface area contributed by atoms with Crippen LogP contribution in [0, 0.1) is 6.92 Å². The Morgan fingerprint density at radius 3 is 2.38 bits per heavy atom. The summed E-state index contributed by atoms with van der Waals surface area (Å²) in [5, 5.41) is 8.01. The number of aromatic nitrogens is 4. The topological polar surface area (TPSA) is 80.3 Å². The quantitative estimate of drug-likeness (QED) is 0.714. The molecule has 3 aromatic rings. The molecule has 1 aliphatic rings. The van der Waals surface area contributed by atoms with E-state index in [1.807, 2.05) is 17.0 Å². The zero-order chi connectivity index (χ0) is 18.1. The Balaban J connectivity index is 1.40. The van der Waals surface area contributed by atoms with Crippen LogP contribution < -0.4 is 4.90 Å². The Morgan fingerprint density at radius 1 is 1.08 bits per heavy atom. The van der Waals surface area contributed by atoms with Crippen LogP contribution in [0.15, 0.2) is 41.1 Å². The Morgan fingerprint density at radius 2 is 1.81 bits per heavy atom. The predicted octanol–water partition coefficient (Wildman–Crippen LogP) is 1.74. The van der Waals surface area contributed by atoms with Gasteiger partial charge in [-0.1, -0.05) is 5.16 Å². The largest absolute Gasteiger partial charge is 0.368 e.